The van der Waals surface area contributed by atoms with Crippen molar-refractivity contribution in [2.75, 3.05) is 5.32 Å². The highest BCUT2D eigenvalue weighted by atomic mass is 35.5. The minimum atomic E-state index is 0.419. The van der Waals surface area contributed by atoms with Crippen LogP contribution in [0, 0.1) is 0 Å². The molecule has 1 unspecified atom stereocenters. The summed E-state index contributed by atoms with van der Waals surface area (Å²) < 4.78 is 1.79. The molecule has 1 aromatic heterocycles. The zero-order chi connectivity index (χ0) is 13.0. The molecule has 0 spiro atoms. The Balaban J connectivity index is 2.33. The normalized spacial score (nSPS) is 12.4. The van der Waals surface area contributed by atoms with E-state index in [1.165, 1.54) is 0 Å². The number of aromatic nitrogens is 2. The van der Waals surface area contributed by atoms with Crippen molar-refractivity contribution in [3.8, 4) is 5.69 Å². The van der Waals surface area contributed by atoms with E-state index in [4.69, 9.17) is 11.6 Å². The molecule has 96 valence electrons. The van der Waals surface area contributed by atoms with Gasteiger partial charge in [0.25, 0.3) is 0 Å². The summed E-state index contributed by atoms with van der Waals surface area (Å²) in [7, 11) is 0. The molecule has 1 atom stereocenters. The Morgan fingerprint density at radius 1 is 1.39 bits per heavy atom. The second kappa shape index (κ2) is 5.91. The minimum absolute atomic E-state index is 0.419. The van der Waals surface area contributed by atoms with Crippen molar-refractivity contribution in [1.29, 1.82) is 0 Å². The number of nitrogens with zero attached hydrogens (tertiary/aromatic N) is 2. The number of rotatable bonds is 5. The van der Waals surface area contributed by atoms with Crippen LogP contribution in [0.4, 0.5) is 5.69 Å². The Morgan fingerprint density at radius 2 is 2.22 bits per heavy atom. The summed E-state index contributed by atoms with van der Waals surface area (Å²) in [5.74, 6) is 0. The SMILES string of the molecule is CCCC(C)Nc1cccc(Cl)c1-n1cccn1. The highest BCUT2D eigenvalue weighted by molar-refractivity contribution is 6.33. The maximum absolute atomic E-state index is 6.28. The summed E-state index contributed by atoms with van der Waals surface area (Å²) in [6, 6.07) is 8.19. The van der Waals surface area contributed by atoms with Crippen LogP contribution in [-0.4, -0.2) is 15.8 Å². The second-order valence-corrected chi connectivity index (χ2v) is 4.83. The fraction of sp³-hybridized carbons (Fsp3) is 0.357. The molecule has 0 amide bonds. The molecular weight excluding hydrogens is 246 g/mol. The summed E-state index contributed by atoms with van der Waals surface area (Å²) in [5.41, 5.74) is 1.93. The first-order valence-electron chi connectivity index (χ1n) is 6.27. The van der Waals surface area contributed by atoms with Crippen molar-refractivity contribution < 1.29 is 0 Å². The van der Waals surface area contributed by atoms with Crippen LogP contribution < -0.4 is 5.32 Å². The molecule has 3 nitrogen and oxygen atoms in total. The van der Waals surface area contributed by atoms with E-state index in [-0.39, 0.29) is 0 Å². The maximum Gasteiger partial charge on any atom is 0.106 e. The lowest BCUT2D eigenvalue weighted by Gasteiger charge is -2.18. The number of benzene rings is 1. The predicted molar refractivity (Wildman–Crippen MR) is 76.6 cm³/mol. The van der Waals surface area contributed by atoms with Gasteiger partial charge in [-0.3, -0.25) is 0 Å². The van der Waals surface area contributed by atoms with Crippen LogP contribution in [0.1, 0.15) is 26.7 Å². The summed E-state index contributed by atoms with van der Waals surface area (Å²) >= 11 is 6.28. The van der Waals surface area contributed by atoms with Gasteiger partial charge in [0, 0.05) is 18.4 Å². The summed E-state index contributed by atoms with van der Waals surface area (Å²) in [4.78, 5) is 0. The van der Waals surface area contributed by atoms with Crippen LogP contribution in [-0.2, 0) is 0 Å². The zero-order valence-corrected chi connectivity index (χ0v) is 11.5. The molecule has 2 aromatic rings. The lowest BCUT2D eigenvalue weighted by molar-refractivity contribution is 0.689. The van der Waals surface area contributed by atoms with Gasteiger partial charge in [0.1, 0.15) is 5.69 Å². The Labute approximate surface area is 113 Å². The van der Waals surface area contributed by atoms with Crippen molar-refractivity contribution in [3.05, 3.63) is 41.7 Å². The number of nitrogens with one attached hydrogen (secondary N) is 1. The standard InChI is InChI=1S/C14H18ClN3/c1-3-6-11(2)17-13-8-4-7-12(15)14(13)18-10-5-9-16-18/h4-5,7-11,17H,3,6H2,1-2H3. The molecule has 0 aliphatic carbocycles. The fourth-order valence-electron chi connectivity index (χ4n) is 2.04. The van der Waals surface area contributed by atoms with Gasteiger partial charge in [-0.25, -0.2) is 4.68 Å². The third-order valence-electron chi connectivity index (χ3n) is 2.84. The molecule has 1 N–H and O–H groups in total. The van der Waals surface area contributed by atoms with Crippen molar-refractivity contribution in [2.45, 2.75) is 32.7 Å². The number of anilines is 1. The van der Waals surface area contributed by atoms with E-state index in [1.54, 1.807) is 10.9 Å². The molecule has 0 saturated heterocycles. The van der Waals surface area contributed by atoms with Crippen molar-refractivity contribution in [3.63, 3.8) is 0 Å². The Bertz CT molecular complexity index is 494. The molecule has 4 heteroatoms. The number of hydrogen-bond acceptors (Lipinski definition) is 2. The van der Waals surface area contributed by atoms with Crippen molar-refractivity contribution in [2.24, 2.45) is 0 Å². The molecule has 0 aliphatic rings. The van der Waals surface area contributed by atoms with E-state index < -0.39 is 0 Å². The van der Waals surface area contributed by atoms with E-state index in [0.29, 0.717) is 11.1 Å². The highest BCUT2D eigenvalue weighted by Crippen LogP contribution is 2.28. The average Bonchev–Trinajstić information content (AvgIpc) is 2.82. The van der Waals surface area contributed by atoms with Crippen LogP contribution >= 0.6 is 11.6 Å². The van der Waals surface area contributed by atoms with Gasteiger partial charge in [-0.2, -0.15) is 5.10 Å². The van der Waals surface area contributed by atoms with Gasteiger partial charge in [0.2, 0.25) is 0 Å². The lowest BCUT2D eigenvalue weighted by Crippen LogP contribution is -2.16. The minimum Gasteiger partial charge on any atom is -0.381 e. The second-order valence-electron chi connectivity index (χ2n) is 4.42. The average molecular weight is 264 g/mol. The van der Waals surface area contributed by atoms with E-state index in [2.05, 4.69) is 24.3 Å². The van der Waals surface area contributed by atoms with Gasteiger partial charge in [-0.1, -0.05) is 31.0 Å². The maximum atomic E-state index is 6.28. The summed E-state index contributed by atoms with van der Waals surface area (Å²) in [6.07, 6.45) is 5.94. The van der Waals surface area contributed by atoms with Gasteiger partial charge in [-0.05, 0) is 31.5 Å². The third-order valence-corrected chi connectivity index (χ3v) is 3.15. The molecule has 1 heterocycles. The van der Waals surface area contributed by atoms with Crippen LogP contribution in [0.15, 0.2) is 36.7 Å². The fourth-order valence-corrected chi connectivity index (χ4v) is 2.30. The quantitative estimate of drug-likeness (QED) is 0.879. The van der Waals surface area contributed by atoms with Gasteiger partial charge < -0.3 is 5.32 Å². The van der Waals surface area contributed by atoms with Crippen LogP contribution in [0.3, 0.4) is 0 Å². The molecule has 2 rings (SSSR count). The Hall–Kier alpha value is -1.48. The molecule has 0 fully saturated rings. The van der Waals surface area contributed by atoms with E-state index in [1.807, 2.05) is 30.5 Å². The smallest absolute Gasteiger partial charge is 0.106 e. The number of para-hydroxylation sites is 1. The molecule has 18 heavy (non-hydrogen) atoms. The van der Waals surface area contributed by atoms with E-state index in [0.717, 1.165) is 24.2 Å². The van der Waals surface area contributed by atoms with Gasteiger partial charge in [0.15, 0.2) is 0 Å². The molecular formula is C14H18ClN3. The van der Waals surface area contributed by atoms with Crippen LogP contribution in [0.25, 0.3) is 5.69 Å². The van der Waals surface area contributed by atoms with Crippen LogP contribution in [0.5, 0.6) is 0 Å². The topological polar surface area (TPSA) is 29.9 Å². The molecule has 0 saturated carbocycles. The van der Waals surface area contributed by atoms with Crippen LogP contribution in [0.2, 0.25) is 5.02 Å². The highest BCUT2D eigenvalue weighted by Gasteiger charge is 2.11. The first-order chi connectivity index (χ1) is 8.72. The summed E-state index contributed by atoms with van der Waals surface area (Å²) in [5, 5.41) is 8.45. The van der Waals surface area contributed by atoms with E-state index >= 15 is 0 Å². The van der Waals surface area contributed by atoms with E-state index in [9.17, 15) is 0 Å². The van der Waals surface area contributed by atoms with Gasteiger partial charge >= 0.3 is 0 Å². The largest absolute Gasteiger partial charge is 0.381 e. The van der Waals surface area contributed by atoms with Gasteiger partial charge in [0.05, 0.1) is 10.7 Å². The number of halogens is 1. The lowest BCUT2D eigenvalue weighted by atomic mass is 10.1. The molecule has 0 radical (unpaired) electrons. The number of hydrogen-bond donors (Lipinski definition) is 1. The van der Waals surface area contributed by atoms with Gasteiger partial charge in [-0.15, -0.1) is 0 Å². The first-order valence-corrected chi connectivity index (χ1v) is 6.65. The molecule has 1 aromatic carbocycles. The first kappa shape index (κ1) is 13.0. The Morgan fingerprint density at radius 3 is 2.89 bits per heavy atom. The monoisotopic (exact) mass is 263 g/mol. The summed E-state index contributed by atoms with van der Waals surface area (Å²) in [6.45, 7) is 4.36. The van der Waals surface area contributed by atoms with Crippen molar-refractivity contribution in [1.82, 2.24) is 9.78 Å². The van der Waals surface area contributed by atoms with Crippen molar-refractivity contribution >= 4 is 17.3 Å². The molecule has 0 aliphatic heterocycles. The molecule has 0 bridgehead atoms. The third kappa shape index (κ3) is 2.85. The predicted octanol–water partition coefficient (Wildman–Crippen LogP) is 4.13. The zero-order valence-electron chi connectivity index (χ0n) is 10.7. The Kier molecular flexibility index (Phi) is 4.26.